The first-order valence-electron chi connectivity index (χ1n) is 10.8. The molecule has 0 aliphatic carbocycles. The minimum atomic E-state index is 0.737. The molecule has 0 N–H and O–H groups in total. The summed E-state index contributed by atoms with van der Waals surface area (Å²) >= 11 is 0. The van der Waals surface area contributed by atoms with Crippen molar-refractivity contribution in [3.63, 3.8) is 0 Å². The second-order valence-electron chi connectivity index (χ2n) is 7.30. The lowest BCUT2D eigenvalue weighted by Crippen LogP contribution is -2.11. The van der Waals surface area contributed by atoms with Crippen LogP contribution in [0.25, 0.3) is 17.0 Å². The van der Waals surface area contributed by atoms with Gasteiger partial charge in [0.2, 0.25) is 5.78 Å². The van der Waals surface area contributed by atoms with Crippen LogP contribution in [0.1, 0.15) is 55.3 Å². The fraction of sp³-hybridized carbons (Fsp3) is 0.417. The lowest BCUT2D eigenvalue weighted by atomic mass is 10.2. The topological polar surface area (TPSA) is 60.9 Å². The molecular weight excluding hydrogens is 372 g/mol. The van der Waals surface area contributed by atoms with E-state index >= 15 is 0 Å². The number of aryl methyl sites for hydroxylation is 4. The van der Waals surface area contributed by atoms with E-state index in [1.807, 2.05) is 45.2 Å². The first kappa shape index (κ1) is 21.7. The van der Waals surface area contributed by atoms with E-state index in [0.29, 0.717) is 0 Å². The maximum atomic E-state index is 4.51. The van der Waals surface area contributed by atoms with E-state index in [1.54, 1.807) is 12.4 Å². The third-order valence-electron chi connectivity index (χ3n) is 5.52. The molecule has 30 heavy (non-hydrogen) atoms. The molecule has 158 valence electrons. The maximum absolute atomic E-state index is 4.51. The van der Waals surface area contributed by atoms with E-state index in [2.05, 4.69) is 49.7 Å². The van der Waals surface area contributed by atoms with Gasteiger partial charge in [-0.25, -0.2) is 15.0 Å². The summed E-state index contributed by atoms with van der Waals surface area (Å²) in [5.41, 5.74) is 6.84. The number of fused-ring (bicyclic) bond motifs is 2. The van der Waals surface area contributed by atoms with Gasteiger partial charge in [-0.2, -0.15) is 0 Å². The number of imidazole rings is 2. The minimum absolute atomic E-state index is 0.737. The summed E-state index contributed by atoms with van der Waals surface area (Å²) in [6.45, 7) is 13.5. The Morgan fingerprint density at radius 1 is 0.867 bits per heavy atom. The van der Waals surface area contributed by atoms with Crippen LogP contribution >= 0.6 is 0 Å². The predicted molar refractivity (Wildman–Crippen MR) is 122 cm³/mol. The van der Waals surface area contributed by atoms with Crippen LogP contribution in [0.3, 0.4) is 0 Å². The number of pyridine rings is 1. The first-order valence-corrected chi connectivity index (χ1v) is 10.8. The molecule has 0 saturated heterocycles. The Hall–Kier alpha value is -3.02. The molecule has 0 amide bonds. The summed E-state index contributed by atoms with van der Waals surface area (Å²) in [4.78, 5) is 17.4. The van der Waals surface area contributed by atoms with Gasteiger partial charge in [0.25, 0.3) is 0 Å². The number of aromatic nitrogens is 6. The Morgan fingerprint density at radius 2 is 1.63 bits per heavy atom. The van der Waals surface area contributed by atoms with Crippen molar-refractivity contribution in [2.45, 2.75) is 67.3 Å². The van der Waals surface area contributed by atoms with E-state index in [1.165, 1.54) is 43.0 Å². The molecule has 0 unspecified atom stereocenters. The smallest absolute Gasteiger partial charge is 0.234 e. The highest BCUT2D eigenvalue weighted by molar-refractivity contribution is 5.61. The van der Waals surface area contributed by atoms with Gasteiger partial charge in [-0.1, -0.05) is 13.8 Å². The zero-order valence-electron chi connectivity index (χ0n) is 19.0. The van der Waals surface area contributed by atoms with Crippen LogP contribution in [0.15, 0.2) is 36.8 Å². The molecule has 4 aromatic heterocycles. The fourth-order valence-electron chi connectivity index (χ4n) is 3.72. The number of hydrogen-bond acceptors (Lipinski definition) is 4. The van der Waals surface area contributed by atoms with Crippen molar-refractivity contribution in [2.24, 2.45) is 0 Å². The van der Waals surface area contributed by atoms with E-state index in [9.17, 15) is 0 Å². The molecule has 4 aromatic rings. The molecule has 0 saturated carbocycles. The van der Waals surface area contributed by atoms with Gasteiger partial charge in [0.15, 0.2) is 0 Å². The van der Waals surface area contributed by atoms with E-state index in [0.717, 1.165) is 28.4 Å². The van der Waals surface area contributed by atoms with Crippen molar-refractivity contribution in [1.29, 1.82) is 0 Å². The molecule has 1 aliphatic rings. The van der Waals surface area contributed by atoms with Gasteiger partial charge in [0.1, 0.15) is 5.82 Å². The Kier molecular flexibility index (Phi) is 6.98. The second-order valence-corrected chi connectivity index (χ2v) is 7.30. The monoisotopic (exact) mass is 404 g/mol. The molecule has 6 heteroatoms. The van der Waals surface area contributed by atoms with Crippen molar-refractivity contribution >= 4 is 5.78 Å². The van der Waals surface area contributed by atoms with Crippen LogP contribution < -0.4 is 0 Å². The molecule has 0 atom stereocenters. The summed E-state index contributed by atoms with van der Waals surface area (Å²) in [6.07, 6.45) is 9.22. The van der Waals surface area contributed by atoms with Crippen LogP contribution in [0.2, 0.25) is 0 Å². The van der Waals surface area contributed by atoms with Crippen molar-refractivity contribution < 1.29 is 0 Å². The summed E-state index contributed by atoms with van der Waals surface area (Å²) in [6, 6.07) is 5.95. The van der Waals surface area contributed by atoms with E-state index < -0.39 is 0 Å². The Balaban J connectivity index is 0.000000170. The standard InChI is InChI=1S/C13H12N4.C9H14N2.C2H6/c1-9-10(2)17-12(5-7-15-13(17)16-9)11-4-3-6-14-8-11;1-7-8(2)11-6-4-3-5-9(11)10-7;1-2/h3-8H,1-2H3;3-6H2,1-2H3;1-2H3. The Bertz CT molecular complexity index is 1110. The molecule has 0 spiro atoms. The second kappa shape index (κ2) is 9.65. The molecule has 0 bridgehead atoms. The molecule has 0 aromatic carbocycles. The van der Waals surface area contributed by atoms with Crippen LogP contribution in [-0.4, -0.2) is 28.9 Å². The molecule has 6 nitrogen and oxygen atoms in total. The molecule has 5 heterocycles. The van der Waals surface area contributed by atoms with Gasteiger partial charge in [-0.05, 0) is 58.7 Å². The van der Waals surface area contributed by atoms with Crippen molar-refractivity contribution in [3.8, 4) is 11.3 Å². The number of nitrogens with zero attached hydrogens (tertiary/aromatic N) is 6. The predicted octanol–water partition coefficient (Wildman–Crippen LogP) is 5.27. The molecule has 0 fully saturated rings. The van der Waals surface area contributed by atoms with Crippen molar-refractivity contribution in [1.82, 2.24) is 28.9 Å². The molecular formula is C24H32N6. The summed E-state index contributed by atoms with van der Waals surface area (Å²) < 4.78 is 4.42. The normalized spacial score (nSPS) is 12.5. The third-order valence-corrected chi connectivity index (χ3v) is 5.52. The molecule has 5 rings (SSSR count). The van der Waals surface area contributed by atoms with Gasteiger partial charge < -0.3 is 4.57 Å². The number of rotatable bonds is 1. The van der Waals surface area contributed by atoms with Crippen molar-refractivity contribution in [3.05, 3.63) is 65.4 Å². The lowest BCUT2D eigenvalue weighted by molar-refractivity contribution is 0.514. The number of hydrogen-bond donors (Lipinski definition) is 0. The molecule has 0 radical (unpaired) electrons. The Morgan fingerprint density at radius 3 is 2.33 bits per heavy atom. The van der Waals surface area contributed by atoms with Gasteiger partial charge >= 0.3 is 0 Å². The highest BCUT2D eigenvalue weighted by Crippen LogP contribution is 2.21. The van der Waals surface area contributed by atoms with Crippen LogP contribution in [0.5, 0.6) is 0 Å². The zero-order chi connectivity index (χ0) is 21.7. The lowest BCUT2D eigenvalue weighted by Gasteiger charge is -2.14. The highest BCUT2D eigenvalue weighted by atomic mass is 15.1. The molecule has 1 aliphatic heterocycles. The largest absolute Gasteiger partial charge is 0.332 e. The zero-order valence-corrected chi connectivity index (χ0v) is 19.0. The summed E-state index contributed by atoms with van der Waals surface area (Å²) in [5.74, 6) is 2.03. The average Bonchev–Trinajstić information content (AvgIpc) is 3.25. The first-order chi connectivity index (χ1) is 14.6. The quantitative estimate of drug-likeness (QED) is 0.433. The van der Waals surface area contributed by atoms with Gasteiger partial charge in [0, 0.05) is 48.5 Å². The van der Waals surface area contributed by atoms with Gasteiger partial charge in [-0.3, -0.25) is 9.38 Å². The average molecular weight is 405 g/mol. The van der Waals surface area contributed by atoms with Crippen LogP contribution in [-0.2, 0) is 13.0 Å². The Labute approximate surface area is 179 Å². The van der Waals surface area contributed by atoms with Crippen molar-refractivity contribution in [2.75, 3.05) is 0 Å². The minimum Gasteiger partial charge on any atom is -0.332 e. The highest BCUT2D eigenvalue weighted by Gasteiger charge is 2.13. The van der Waals surface area contributed by atoms with Crippen LogP contribution in [0.4, 0.5) is 0 Å². The summed E-state index contributed by atoms with van der Waals surface area (Å²) in [5, 5.41) is 0. The van der Waals surface area contributed by atoms with Crippen LogP contribution in [0, 0.1) is 27.7 Å². The SMILES string of the molecule is CC.Cc1nc2n(c1C)CCCC2.Cc1nc2nccc(-c3cccnc3)n2c1C. The van der Waals surface area contributed by atoms with Gasteiger partial charge in [0.05, 0.1) is 17.1 Å². The maximum Gasteiger partial charge on any atom is 0.234 e. The fourth-order valence-corrected chi connectivity index (χ4v) is 3.72. The van der Waals surface area contributed by atoms with E-state index in [4.69, 9.17) is 0 Å². The summed E-state index contributed by atoms with van der Waals surface area (Å²) in [7, 11) is 0. The van der Waals surface area contributed by atoms with E-state index in [-0.39, 0.29) is 0 Å². The third kappa shape index (κ3) is 4.27. The van der Waals surface area contributed by atoms with Gasteiger partial charge in [-0.15, -0.1) is 0 Å².